The molecule has 1 aliphatic heterocycles. The van der Waals surface area contributed by atoms with Gasteiger partial charge in [0.1, 0.15) is 11.5 Å². The predicted molar refractivity (Wildman–Crippen MR) is 101 cm³/mol. The Morgan fingerprint density at radius 3 is 2.50 bits per heavy atom. The molecular weight excluding hydrogens is 320 g/mol. The van der Waals surface area contributed by atoms with Crippen LogP contribution in [0.1, 0.15) is 19.3 Å². The molecule has 2 aromatic carbocycles. The maximum Gasteiger partial charge on any atom is 0.173 e. The number of benzene rings is 2. The van der Waals surface area contributed by atoms with E-state index in [0.29, 0.717) is 5.11 Å². The summed E-state index contributed by atoms with van der Waals surface area (Å²) in [6.07, 6.45) is 3.25. The highest BCUT2D eigenvalue weighted by atomic mass is 32.1. The Kier molecular flexibility index (Phi) is 5.67. The Morgan fingerprint density at radius 2 is 1.79 bits per heavy atom. The number of nitrogens with one attached hydrogen (secondary N) is 1. The molecule has 1 atom stereocenters. The summed E-state index contributed by atoms with van der Waals surface area (Å²) in [6, 6.07) is 17.5. The topological polar surface area (TPSA) is 44.7 Å². The minimum Gasteiger partial charge on any atom is -0.457 e. The van der Waals surface area contributed by atoms with E-state index in [-0.39, 0.29) is 12.6 Å². The molecular formula is C19H22N2O2S. The molecule has 24 heavy (non-hydrogen) atoms. The van der Waals surface area contributed by atoms with Crippen LogP contribution in [0, 0.1) is 0 Å². The van der Waals surface area contributed by atoms with Gasteiger partial charge in [0.25, 0.3) is 0 Å². The summed E-state index contributed by atoms with van der Waals surface area (Å²) in [5.74, 6) is 1.59. The number of ether oxygens (including phenoxy) is 1. The van der Waals surface area contributed by atoms with Crippen LogP contribution in [-0.4, -0.2) is 34.3 Å². The molecule has 3 rings (SSSR count). The second kappa shape index (κ2) is 8.13. The number of piperidine rings is 1. The SMILES string of the molecule is OCC1CCCCN1C(=S)Nc1ccc(Oc2ccccc2)cc1. The fourth-order valence-corrected chi connectivity index (χ4v) is 3.24. The number of aliphatic hydroxyl groups is 1. The smallest absolute Gasteiger partial charge is 0.173 e. The van der Waals surface area contributed by atoms with E-state index in [0.717, 1.165) is 43.0 Å². The van der Waals surface area contributed by atoms with Crippen LogP contribution >= 0.6 is 12.2 Å². The third kappa shape index (κ3) is 4.24. The van der Waals surface area contributed by atoms with Gasteiger partial charge in [-0.2, -0.15) is 0 Å². The number of para-hydroxylation sites is 1. The van der Waals surface area contributed by atoms with Crippen molar-refractivity contribution >= 4 is 23.0 Å². The van der Waals surface area contributed by atoms with Crippen LogP contribution in [0.4, 0.5) is 5.69 Å². The standard InChI is InChI=1S/C19H22N2O2S/c22-14-16-6-4-5-13-21(16)19(24)20-15-9-11-18(12-10-15)23-17-7-2-1-3-8-17/h1-3,7-12,16,22H,4-6,13-14H2,(H,20,24). The number of nitrogens with zero attached hydrogens (tertiary/aromatic N) is 1. The van der Waals surface area contributed by atoms with Gasteiger partial charge in [0, 0.05) is 12.2 Å². The lowest BCUT2D eigenvalue weighted by Crippen LogP contribution is -2.47. The van der Waals surface area contributed by atoms with E-state index in [9.17, 15) is 5.11 Å². The molecule has 0 amide bonds. The third-order valence-corrected chi connectivity index (χ3v) is 4.52. The lowest BCUT2D eigenvalue weighted by Gasteiger charge is -2.36. The molecule has 1 fully saturated rings. The highest BCUT2D eigenvalue weighted by molar-refractivity contribution is 7.80. The molecule has 5 heteroatoms. The molecule has 0 saturated carbocycles. The van der Waals surface area contributed by atoms with Gasteiger partial charge >= 0.3 is 0 Å². The average molecular weight is 342 g/mol. The average Bonchev–Trinajstić information content (AvgIpc) is 2.64. The fourth-order valence-electron chi connectivity index (χ4n) is 2.88. The number of hydrogen-bond donors (Lipinski definition) is 2. The molecule has 0 bridgehead atoms. The molecule has 1 aliphatic rings. The number of thiocarbonyl (C=S) groups is 1. The first kappa shape index (κ1) is 16.7. The minimum atomic E-state index is 0.124. The van der Waals surface area contributed by atoms with Crippen molar-refractivity contribution in [2.45, 2.75) is 25.3 Å². The van der Waals surface area contributed by atoms with Crippen molar-refractivity contribution in [2.75, 3.05) is 18.5 Å². The van der Waals surface area contributed by atoms with Crippen LogP contribution in [0.2, 0.25) is 0 Å². The Bertz CT molecular complexity index is 661. The van der Waals surface area contributed by atoms with E-state index in [2.05, 4.69) is 10.2 Å². The van der Waals surface area contributed by atoms with Crippen LogP contribution in [0.15, 0.2) is 54.6 Å². The van der Waals surface area contributed by atoms with Crippen molar-refractivity contribution in [1.29, 1.82) is 0 Å². The van der Waals surface area contributed by atoms with E-state index >= 15 is 0 Å². The molecule has 4 nitrogen and oxygen atoms in total. The van der Waals surface area contributed by atoms with Gasteiger partial charge in [0.15, 0.2) is 5.11 Å². The highest BCUT2D eigenvalue weighted by Crippen LogP contribution is 2.23. The Labute approximate surface area is 148 Å². The van der Waals surface area contributed by atoms with Crippen molar-refractivity contribution < 1.29 is 9.84 Å². The monoisotopic (exact) mass is 342 g/mol. The molecule has 0 radical (unpaired) electrons. The van der Waals surface area contributed by atoms with Crippen LogP contribution in [0.3, 0.4) is 0 Å². The van der Waals surface area contributed by atoms with E-state index in [1.165, 1.54) is 0 Å². The number of aliphatic hydroxyl groups excluding tert-OH is 1. The Hall–Kier alpha value is -2.11. The molecule has 0 aromatic heterocycles. The van der Waals surface area contributed by atoms with Gasteiger partial charge in [-0.3, -0.25) is 0 Å². The molecule has 126 valence electrons. The molecule has 2 N–H and O–H groups in total. The van der Waals surface area contributed by atoms with Crippen molar-refractivity contribution in [3.8, 4) is 11.5 Å². The maximum absolute atomic E-state index is 9.51. The largest absolute Gasteiger partial charge is 0.457 e. The number of anilines is 1. The zero-order chi connectivity index (χ0) is 16.8. The summed E-state index contributed by atoms with van der Waals surface area (Å²) in [5.41, 5.74) is 0.919. The van der Waals surface area contributed by atoms with Crippen molar-refractivity contribution in [3.05, 3.63) is 54.6 Å². The van der Waals surface area contributed by atoms with Crippen LogP contribution in [-0.2, 0) is 0 Å². The van der Waals surface area contributed by atoms with E-state index < -0.39 is 0 Å². The first-order valence-electron chi connectivity index (χ1n) is 8.28. The normalized spacial score (nSPS) is 17.4. The predicted octanol–water partition coefficient (Wildman–Crippen LogP) is 4.02. The molecule has 2 aromatic rings. The number of likely N-dealkylation sites (tertiary alicyclic amines) is 1. The maximum atomic E-state index is 9.51. The summed E-state index contributed by atoms with van der Waals surface area (Å²) in [5, 5.41) is 13.4. The van der Waals surface area contributed by atoms with Gasteiger partial charge in [-0.15, -0.1) is 0 Å². The van der Waals surface area contributed by atoms with Crippen molar-refractivity contribution in [2.24, 2.45) is 0 Å². The quantitative estimate of drug-likeness (QED) is 0.822. The first-order valence-corrected chi connectivity index (χ1v) is 8.68. The van der Waals surface area contributed by atoms with Crippen LogP contribution < -0.4 is 10.1 Å². The van der Waals surface area contributed by atoms with Gasteiger partial charge < -0.3 is 20.1 Å². The molecule has 0 spiro atoms. The second-order valence-corrected chi connectivity index (χ2v) is 6.28. The Morgan fingerprint density at radius 1 is 1.08 bits per heavy atom. The number of rotatable bonds is 4. The lowest BCUT2D eigenvalue weighted by atomic mass is 10.0. The molecule has 1 saturated heterocycles. The summed E-state index contributed by atoms with van der Waals surface area (Å²) in [6.45, 7) is 1.04. The fraction of sp³-hybridized carbons (Fsp3) is 0.316. The number of hydrogen-bond acceptors (Lipinski definition) is 3. The summed E-state index contributed by atoms with van der Waals surface area (Å²) in [7, 11) is 0. The summed E-state index contributed by atoms with van der Waals surface area (Å²) >= 11 is 5.51. The molecule has 1 heterocycles. The van der Waals surface area contributed by atoms with Gasteiger partial charge in [0.2, 0.25) is 0 Å². The summed E-state index contributed by atoms with van der Waals surface area (Å²) < 4.78 is 5.79. The van der Waals surface area contributed by atoms with Gasteiger partial charge in [0.05, 0.1) is 12.6 Å². The van der Waals surface area contributed by atoms with Gasteiger partial charge in [-0.1, -0.05) is 18.2 Å². The zero-order valence-corrected chi connectivity index (χ0v) is 14.3. The van der Waals surface area contributed by atoms with E-state index in [4.69, 9.17) is 17.0 Å². The minimum absolute atomic E-state index is 0.124. The third-order valence-electron chi connectivity index (χ3n) is 4.18. The lowest BCUT2D eigenvalue weighted by molar-refractivity contribution is 0.149. The van der Waals surface area contributed by atoms with Crippen LogP contribution in [0.5, 0.6) is 11.5 Å². The molecule has 1 unspecified atom stereocenters. The van der Waals surface area contributed by atoms with Gasteiger partial charge in [-0.05, 0) is 67.9 Å². The zero-order valence-electron chi connectivity index (χ0n) is 13.5. The van der Waals surface area contributed by atoms with E-state index in [1.54, 1.807) is 0 Å². The Balaban J connectivity index is 1.60. The highest BCUT2D eigenvalue weighted by Gasteiger charge is 2.23. The van der Waals surface area contributed by atoms with Gasteiger partial charge in [-0.25, -0.2) is 0 Å². The molecule has 0 aliphatic carbocycles. The second-order valence-electron chi connectivity index (χ2n) is 5.90. The summed E-state index contributed by atoms with van der Waals surface area (Å²) in [4.78, 5) is 2.09. The van der Waals surface area contributed by atoms with Crippen molar-refractivity contribution in [1.82, 2.24) is 4.90 Å². The first-order chi connectivity index (χ1) is 11.8. The van der Waals surface area contributed by atoms with E-state index in [1.807, 2.05) is 54.6 Å². The van der Waals surface area contributed by atoms with Crippen molar-refractivity contribution in [3.63, 3.8) is 0 Å². The van der Waals surface area contributed by atoms with Crippen LogP contribution in [0.25, 0.3) is 0 Å².